The fraction of sp³-hybridized carbons (Fsp3) is 0.500. The van der Waals surface area contributed by atoms with E-state index in [2.05, 4.69) is 0 Å². The van der Waals surface area contributed by atoms with E-state index < -0.39 is 0 Å². The topological polar surface area (TPSA) is 26.3 Å². The summed E-state index contributed by atoms with van der Waals surface area (Å²) in [6.45, 7) is 2.77. The summed E-state index contributed by atoms with van der Waals surface area (Å²) in [6, 6.07) is 5.42. The minimum atomic E-state index is 0.190. The van der Waals surface area contributed by atoms with Crippen molar-refractivity contribution < 1.29 is 9.53 Å². The Morgan fingerprint density at radius 1 is 1.53 bits per heavy atom. The molecule has 3 heteroatoms. The molecule has 1 aromatic rings. The van der Waals surface area contributed by atoms with Gasteiger partial charge in [0.2, 0.25) is 0 Å². The first kappa shape index (κ1) is 12.6. The first-order valence-electron chi connectivity index (χ1n) is 6.08. The zero-order valence-corrected chi connectivity index (χ0v) is 10.8. The second-order valence-corrected chi connectivity index (χ2v) is 4.99. The molecule has 0 amide bonds. The highest BCUT2D eigenvalue weighted by molar-refractivity contribution is 6.30. The van der Waals surface area contributed by atoms with E-state index in [-0.39, 0.29) is 11.9 Å². The first-order chi connectivity index (χ1) is 8.16. The van der Waals surface area contributed by atoms with Gasteiger partial charge in [-0.2, -0.15) is 0 Å². The number of ketones is 1. The average molecular weight is 253 g/mol. The van der Waals surface area contributed by atoms with Gasteiger partial charge in [-0.15, -0.1) is 0 Å². The van der Waals surface area contributed by atoms with Crippen molar-refractivity contribution in [1.29, 1.82) is 0 Å². The lowest BCUT2D eigenvalue weighted by Gasteiger charge is -2.09. The third kappa shape index (κ3) is 3.30. The fourth-order valence-electron chi connectivity index (χ4n) is 2.24. The molecule has 1 heterocycles. The second kappa shape index (κ2) is 5.65. The van der Waals surface area contributed by atoms with E-state index in [1.54, 1.807) is 6.07 Å². The van der Waals surface area contributed by atoms with Gasteiger partial charge in [-0.3, -0.25) is 4.79 Å². The summed E-state index contributed by atoms with van der Waals surface area (Å²) >= 11 is 5.87. The molecule has 0 radical (unpaired) electrons. The Balaban J connectivity index is 1.94. The molecule has 17 heavy (non-hydrogen) atoms. The fourth-order valence-corrected chi connectivity index (χ4v) is 2.47. The highest BCUT2D eigenvalue weighted by Gasteiger charge is 2.17. The van der Waals surface area contributed by atoms with Gasteiger partial charge < -0.3 is 4.74 Å². The Morgan fingerprint density at radius 2 is 2.35 bits per heavy atom. The van der Waals surface area contributed by atoms with Crippen LogP contribution < -0.4 is 0 Å². The van der Waals surface area contributed by atoms with Crippen LogP contribution in [0.25, 0.3) is 0 Å². The van der Waals surface area contributed by atoms with Crippen LogP contribution in [0.3, 0.4) is 0 Å². The van der Waals surface area contributed by atoms with Crippen molar-refractivity contribution in [2.75, 3.05) is 6.61 Å². The smallest absolute Gasteiger partial charge is 0.163 e. The van der Waals surface area contributed by atoms with Crippen molar-refractivity contribution in [1.82, 2.24) is 0 Å². The minimum Gasteiger partial charge on any atom is -0.378 e. The van der Waals surface area contributed by atoms with Crippen LogP contribution in [0.2, 0.25) is 5.02 Å². The largest absolute Gasteiger partial charge is 0.378 e. The van der Waals surface area contributed by atoms with Crippen LogP contribution in [0.5, 0.6) is 0 Å². The van der Waals surface area contributed by atoms with Crippen molar-refractivity contribution in [3.63, 3.8) is 0 Å². The van der Waals surface area contributed by atoms with Crippen LogP contribution in [0.1, 0.15) is 41.6 Å². The Morgan fingerprint density at radius 3 is 3.00 bits per heavy atom. The monoisotopic (exact) mass is 252 g/mol. The number of hydrogen-bond donors (Lipinski definition) is 0. The molecule has 1 atom stereocenters. The van der Waals surface area contributed by atoms with Crippen LogP contribution in [-0.2, 0) is 4.74 Å². The van der Waals surface area contributed by atoms with Gasteiger partial charge in [-0.25, -0.2) is 0 Å². The summed E-state index contributed by atoms with van der Waals surface area (Å²) in [6.07, 6.45) is 3.89. The predicted molar refractivity (Wildman–Crippen MR) is 68.7 cm³/mol. The van der Waals surface area contributed by atoms with E-state index in [1.807, 2.05) is 19.1 Å². The summed E-state index contributed by atoms with van der Waals surface area (Å²) in [4.78, 5) is 12.0. The first-order valence-corrected chi connectivity index (χ1v) is 6.45. The molecule has 2 rings (SSSR count). The van der Waals surface area contributed by atoms with Crippen LogP contribution in [0.4, 0.5) is 0 Å². The summed E-state index contributed by atoms with van der Waals surface area (Å²) in [5, 5.41) is 0.679. The zero-order chi connectivity index (χ0) is 12.3. The number of halogens is 1. The van der Waals surface area contributed by atoms with Crippen molar-refractivity contribution >= 4 is 17.4 Å². The van der Waals surface area contributed by atoms with Crippen molar-refractivity contribution in [2.45, 2.75) is 38.7 Å². The second-order valence-electron chi connectivity index (χ2n) is 4.56. The maximum atomic E-state index is 12.0. The molecular formula is C14H17ClO2. The summed E-state index contributed by atoms with van der Waals surface area (Å²) in [5.74, 6) is 0.190. The standard InChI is InChI=1S/C14H17ClO2/c1-10-9-11(15)4-6-13(10)14(16)7-5-12-3-2-8-17-12/h4,6,9,12H,2-3,5,7-8H2,1H3. The zero-order valence-electron chi connectivity index (χ0n) is 10.0. The lowest BCUT2D eigenvalue weighted by molar-refractivity contribution is 0.0859. The van der Waals surface area contributed by atoms with Crippen molar-refractivity contribution in [3.8, 4) is 0 Å². The van der Waals surface area contributed by atoms with Gasteiger partial charge in [0.05, 0.1) is 6.10 Å². The van der Waals surface area contributed by atoms with Gasteiger partial charge in [0, 0.05) is 23.6 Å². The van der Waals surface area contributed by atoms with Gasteiger partial charge >= 0.3 is 0 Å². The normalized spacial score (nSPS) is 19.5. The molecule has 0 N–H and O–H groups in total. The summed E-state index contributed by atoms with van der Waals surface area (Å²) in [7, 11) is 0. The van der Waals surface area contributed by atoms with Crippen LogP contribution in [0.15, 0.2) is 18.2 Å². The molecule has 1 saturated heterocycles. The average Bonchev–Trinajstić information content (AvgIpc) is 2.78. The number of benzene rings is 1. The third-order valence-corrected chi connectivity index (χ3v) is 3.44. The molecule has 0 spiro atoms. The van der Waals surface area contributed by atoms with Gasteiger partial charge in [0.15, 0.2) is 5.78 Å². The molecule has 1 aliphatic heterocycles. The van der Waals surface area contributed by atoms with E-state index in [0.29, 0.717) is 11.4 Å². The number of carbonyl (C=O) groups is 1. The molecule has 1 unspecified atom stereocenters. The molecule has 0 aliphatic carbocycles. The lowest BCUT2D eigenvalue weighted by Crippen LogP contribution is -2.09. The highest BCUT2D eigenvalue weighted by atomic mass is 35.5. The van der Waals surface area contributed by atoms with Crippen LogP contribution in [-0.4, -0.2) is 18.5 Å². The van der Waals surface area contributed by atoms with E-state index in [1.165, 1.54) is 0 Å². The van der Waals surface area contributed by atoms with E-state index >= 15 is 0 Å². The van der Waals surface area contributed by atoms with E-state index in [9.17, 15) is 4.79 Å². The Bertz CT molecular complexity index is 409. The van der Waals surface area contributed by atoms with Gasteiger partial charge in [-0.05, 0) is 49.9 Å². The minimum absolute atomic E-state index is 0.190. The molecular weight excluding hydrogens is 236 g/mol. The third-order valence-electron chi connectivity index (χ3n) is 3.21. The highest BCUT2D eigenvalue weighted by Crippen LogP contribution is 2.20. The SMILES string of the molecule is Cc1cc(Cl)ccc1C(=O)CCC1CCCO1. The quantitative estimate of drug-likeness (QED) is 0.762. The predicted octanol–water partition coefficient (Wildman–Crippen LogP) is 3.79. The number of aryl methyl sites for hydroxylation is 1. The van der Waals surface area contributed by atoms with Gasteiger partial charge in [0.1, 0.15) is 0 Å². The lowest BCUT2D eigenvalue weighted by atomic mass is 9.99. The Hall–Kier alpha value is -0.860. The van der Waals surface area contributed by atoms with Crippen LogP contribution >= 0.6 is 11.6 Å². The number of rotatable bonds is 4. The molecule has 1 fully saturated rings. The molecule has 1 aliphatic rings. The Kier molecular flexibility index (Phi) is 4.19. The van der Waals surface area contributed by atoms with Crippen molar-refractivity contribution in [3.05, 3.63) is 34.3 Å². The van der Waals surface area contributed by atoms with Gasteiger partial charge in [-0.1, -0.05) is 11.6 Å². The molecule has 2 nitrogen and oxygen atoms in total. The van der Waals surface area contributed by atoms with E-state index in [4.69, 9.17) is 16.3 Å². The number of ether oxygens (including phenoxy) is 1. The number of Topliss-reactive ketones (excluding diaryl/α,β-unsaturated/α-hetero) is 1. The van der Waals surface area contributed by atoms with Crippen LogP contribution in [0, 0.1) is 6.92 Å². The van der Waals surface area contributed by atoms with Gasteiger partial charge in [0.25, 0.3) is 0 Å². The molecule has 92 valence electrons. The maximum absolute atomic E-state index is 12.0. The molecule has 0 aromatic heterocycles. The Labute approximate surface area is 107 Å². The number of hydrogen-bond acceptors (Lipinski definition) is 2. The molecule has 0 saturated carbocycles. The maximum Gasteiger partial charge on any atom is 0.163 e. The number of carbonyl (C=O) groups excluding carboxylic acids is 1. The molecule has 1 aromatic carbocycles. The molecule has 0 bridgehead atoms. The summed E-state index contributed by atoms with van der Waals surface area (Å²) in [5.41, 5.74) is 1.74. The summed E-state index contributed by atoms with van der Waals surface area (Å²) < 4.78 is 5.52. The van der Waals surface area contributed by atoms with Crippen molar-refractivity contribution in [2.24, 2.45) is 0 Å². The van der Waals surface area contributed by atoms with E-state index in [0.717, 1.165) is 37.0 Å².